The van der Waals surface area contributed by atoms with Crippen molar-refractivity contribution >= 4 is 0 Å². The summed E-state index contributed by atoms with van der Waals surface area (Å²) in [4.78, 5) is 0. The Kier molecular flexibility index (Phi) is 3.59. The second-order valence-corrected chi connectivity index (χ2v) is 5.47. The van der Waals surface area contributed by atoms with Crippen LogP contribution in [0.15, 0.2) is 12.3 Å². The lowest BCUT2D eigenvalue weighted by molar-refractivity contribution is -0.00613. The molecule has 0 radical (unpaired) electrons. The van der Waals surface area contributed by atoms with Crippen LogP contribution in [0.1, 0.15) is 46.5 Å². The Hall–Kier alpha value is -0.500. The Bertz CT molecular complexity index is 203. The average molecular weight is 198 g/mol. The number of aliphatic hydroxyl groups is 1. The van der Waals surface area contributed by atoms with Gasteiger partial charge in [0.15, 0.2) is 0 Å². The molecule has 0 amide bonds. The minimum atomic E-state index is -0.249. The largest absolute Gasteiger partial charge is 0.495 e. The van der Waals surface area contributed by atoms with Crippen molar-refractivity contribution in [1.82, 2.24) is 0 Å². The molecule has 1 heterocycles. The molecule has 82 valence electrons. The second-order valence-electron chi connectivity index (χ2n) is 5.47. The predicted octanol–water partition coefficient (Wildman–Crippen LogP) is 2.87. The average Bonchev–Trinajstić information content (AvgIpc) is 1.97. The summed E-state index contributed by atoms with van der Waals surface area (Å²) < 4.78 is 5.60. The van der Waals surface area contributed by atoms with Gasteiger partial charge in [0.25, 0.3) is 0 Å². The van der Waals surface area contributed by atoms with Crippen LogP contribution in [0.2, 0.25) is 0 Å². The van der Waals surface area contributed by atoms with Gasteiger partial charge >= 0.3 is 0 Å². The zero-order chi connectivity index (χ0) is 10.8. The molecule has 0 aromatic carbocycles. The molecular formula is C12H22O2. The highest BCUT2D eigenvalue weighted by atomic mass is 16.5. The van der Waals surface area contributed by atoms with Crippen molar-refractivity contribution < 1.29 is 9.84 Å². The molecule has 0 aromatic heterocycles. The maximum atomic E-state index is 9.54. The third-order valence-corrected chi connectivity index (χ3v) is 2.55. The minimum absolute atomic E-state index is 0.172. The lowest BCUT2D eigenvalue weighted by Gasteiger charge is -2.30. The van der Waals surface area contributed by atoms with Gasteiger partial charge in [-0.05, 0) is 18.3 Å². The van der Waals surface area contributed by atoms with E-state index >= 15 is 0 Å². The quantitative estimate of drug-likeness (QED) is 0.739. The summed E-state index contributed by atoms with van der Waals surface area (Å²) >= 11 is 0. The summed E-state index contributed by atoms with van der Waals surface area (Å²) in [6.07, 6.45) is 3.42. The van der Waals surface area contributed by atoms with E-state index in [0.717, 1.165) is 25.0 Å². The van der Waals surface area contributed by atoms with Gasteiger partial charge < -0.3 is 9.84 Å². The maximum Gasteiger partial charge on any atom is 0.101 e. The van der Waals surface area contributed by atoms with Crippen molar-refractivity contribution in [3.8, 4) is 0 Å². The molecule has 2 nitrogen and oxygen atoms in total. The Morgan fingerprint density at radius 2 is 2.14 bits per heavy atom. The third-order valence-electron chi connectivity index (χ3n) is 2.55. The van der Waals surface area contributed by atoms with Gasteiger partial charge in [0, 0.05) is 12.8 Å². The van der Waals surface area contributed by atoms with Crippen molar-refractivity contribution in [2.45, 2.75) is 58.7 Å². The van der Waals surface area contributed by atoms with Gasteiger partial charge in [0.1, 0.15) is 6.10 Å². The van der Waals surface area contributed by atoms with Crippen molar-refractivity contribution in [3.05, 3.63) is 12.3 Å². The fraction of sp³-hybridized carbons (Fsp3) is 0.833. The molecular weight excluding hydrogens is 176 g/mol. The maximum absolute atomic E-state index is 9.54. The van der Waals surface area contributed by atoms with Gasteiger partial charge in [-0.2, -0.15) is 0 Å². The van der Waals surface area contributed by atoms with Crippen LogP contribution in [0, 0.1) is 5.41 Å². The molecule has 1 rings (SSSR count). The third kappa shape index (κ3) is 4.14. The molecule has 0 bridgehead atoms. The van der Waals surface area contributed by atoms with Gasteiger partial charge in [-0.1, -0.05) is 27.4 Å². The van der Waals surface area contributed by atoms with Crippen LogP contribution in [0.4, 0.5) is 0 Å². The van der Waals surface area contributed by atoms with E-state index in [1.807, 2.05) is 0 Å². The van der Waals surface area contributed by atoms with E-state index in [2.05, 4.69) is 27.4 Å². The van der Waals surface area contributed by atoms with E-state index in [1.165, 1.54) is 0 Å². The number of rotatable bonds is 2. The van der Waals surface area contributed by atoms with Crippen molar-refractivity contribution in [2.75, 3.05) is 0 Å². The summed E-state index contributed by atoms with van der Waals surface area (Å²) in [5.74, 6) is 0.739. The predicted molar refractivity (Wildman–Crippen MR) is 57.9 cm³/mol. The van der Waals surface area contributed by atoms with Crippen LogP contribution in [0.25, 0.3) is 0 Å². The molecule has 1 aliphatic rings. The first-order valence-corrected chi connectivity index (χ1v) is 5.39. The molecule has 1 aliphatic heterocycles. The van der Waals surface area contributed by atoms with Crippen LogP contribution >= 0.6 is 0 Å². The Morgan fingerprint density at radius 1 is 1.50 bits per heavy atom. The van der Waals surface area contributed by atoms with Crippen molar-refractivity contribution in [2.24, 2.45) is 5.41 Å². The second kappa shape index (κ2) is 4.35. The van der Waals surface area contributed by atoms with Gasteiger partial charge in [-0.15, -0.1) is 0 Å². The molecule has 0 aliphatic carbocycles. The fourth-order valence-corrected chi connectivity index (χ4v) is 1.75. The number of aliphatic hydroxyl groups excluding tert-OH is 1. The molecule has 1 fully saturated rings. The van der Waals surface area contributed by atoms with Gasteiger partial charge in [0.05, 0.1) is 11.9 Å². The summed E-state index contributed by atoms with van der Waals surface area (Å²) in [5, 5.41) is 9.54. The summed E-state index contributed by atoms with van der Waals surface area (Å²) in [5.41, 5.74) is 0.340. The number of ether oxygens (including phenoxy) is 1. The van der Waals surface area contributed by atoms with Crippen LogP contribution in [-0.4, -0.2) is 17.3 Å². The van der Waals surface area contributed by atoms with Crippen LogP contribution in [0.3, 0.4) is 0 Å². The molecule has 0 saturated carbocycles. The first-order chi connectivity index (χ1) is 6.37. The smallest absolute Gasteiger partial charge is 0.101 e. The van der Waals surface area contributed by atoms with Gasteiger partial charge in [0.2, 0.25) is 0 Å². The topological polar surface area (TPSA) is 29.5 Å². The summed E-state index contributed by atoms with van der Waals surface area (Å²) in [7, 11) is 0. The minimum Gasteiger partial charge on any atom is -0.495 e. The van der Waals surface area contributed by atoms with Crippen molar-refractivity contribution in [1.29, 1.82) is 0 Å². The van der Waals surface area contributed by atoms with Crippen LogP contribution < -0.4 is 0 Å². The summed E-state index contributed by atoms with van der Waals surface area (Å²) in [6, 6.07) is 0. The molecule has 0 spiro atoms. The molecule has 1 N–H and O–H groups in total. The SMILES string of the molecule is C=C1C[C@H](O)C[C@@H](CCC(C)(C)C)O1. The molecule has 2 heteroatoms. The first-order valence-electron chi connectivity index (χ1n) is 5.39. The zero-order valence-electron chi connectivity index (χ0n) is 9.55. The Balaban J connectivity index is 2.34. The summed E-state index contributed by atoms with van der Waals surface area (Å²) in [6.45, 7) is 10.4. The lowest BCUT2D eigenvalue weighted by atomic mass is 9.87. The number of hydrogen-bond acceptors (Lipinski definition) is 2. The highest BCUT2D eigenvalue weighted by molar-refractivity contribution is 4.92. The van der Waals surface area contributed by atoms with Crippen molar-refractivity contribution in [3.63, 3.8) is 0 Å². The Morgan fingerprint density at radius 3 is 2.64 bits per heavy atom. The first kappa shape index (κ1) is 11.6. The van der Waals surface area contributed by atoms with E-state index in [9.17, 15) is 5.11 Å². The number of hydrogen-bond donors (Lipinski definition) is 1. The highest BCUT2D eigenvalue weighted by Crippen LogP contribution is 2.28. The molecule has 14 heavy (non-hydrogen) atoms. The van der Waals surface area contributed by atoms with E-state index in [0.29, 0.717) is 11.8 Å². The highest BCUT2D eigenvalue weighted by Gasteiger charge is 2.24. The lowest BCUT2D eigenvalue weighted by Crippen LogP contribution is -2.28. The molecule has 1 saturated heterocycles. The molecule has 0 aromatic rings. The van der Waals surface area contributed by atoms with Crippen LogP contribution in [-0.2, 0) is 4.74 Å². The van der Waals surface area contributed by atoms with E-state index < -0.39 is 0 Å². The Labute approximate surface area is 87.0 Å². The molecule has 2 atom stereocenters. The van der Waals surface area contributed by atoms with Gasteiger partial charge in [-0.3, -0.25) is 0 Å². The van der Waals surface area contributed by atoms with E-state index in [-0.39, 0.29) is 12.2 Å². The monoisotopic (exact) mass is 198 g/mol. The van der Waals surface area contributed by atoms with E-state index in [4.69, 9.17) is 4.74 Å². The van der Waals surface area contributed by atoms with E-state index in [1.54, 1.807) is 0 Å². The standard InChI is InChI=1S/C12H22O2/c1-9-7-10(13)8-11(14-9)5-6-12(2,3)4/h10-11,13H,1,5-8H2,2-4H3/t10-,11+/m0/s1. The normalized spacial score (nSPS) is 28.7. The van der Waals surface area contributed by atoms with Crippen LogP contribution in [0.5, 0.6) is 0 Å². The zero-order valence-corrected chi connectivity index (χ0v) is 9.55. The van der Waals surface area contributed by atoms with Gasteiger partial charge in [-0.25, -0.2) is 0 Å². The fourth-order valence-electron chi connectivity index (χ4n) is 1.75. The molecule has 0 unspecified atom stereocenters.